The van der Waals surface area contributed by atoms with Gasteiger partial charge in [-0.05, 0) is 65.2 Å². The van der Waals surface area contributed by atoms with Crippen molar-refractivity contribution in [3.05, 3.63) is 81.5 Å². The number of amides is 1. The number of carbonyl (C=O) groups is 1. The molecule has 1 aliphatic rings. The maximum Gasteiger partial charge on any atom is 0.224 e. The molecule has 2 aromatic carbocycles. The molecule has 1 N–H and O–H groups in total. The van der Waals surface area contributed by atoms with Crippen molar-refractivity contribution in [3.63, 3.8) is 0 Å². The Kier molecular flexibility index (Phi) is 8.26. The van der Waals surface area contributed by atoms with E-state index in [1.54, 1.807) is 11.3 Å². The van der Waals surface area contributed by atoms with E-state index < -0.39 is 0 Å². The van der Waals surface area contributed by atoms with Gasteiger partial charge in [0.25, 0.3) is 0 Å². The van der Waals surface area contributed by atoms with Crippen LogP contribution < -0.4 is 15.0 Å². The lowest BCUT2D eigenvalue weighted by molar-refractivity contribution is -0.120. The summed E-state index contributed by atoms with van der Waals surface area (Å²) in [6.45, 7) is 7.34. The van der Waals surface area contributed by atoms with Crippen molar-refractivity contribution < 1.29 is 9.53 Å². The fraction of sp³-hybridized carbons (Fsp3) is 0.346. The van der Waals surface area contributed by atoms with Crippen molar-refractivity contribution in [3.8, 4) is 5.75 Å². The lowest BCUT2D eigenvalue weighted by atomic mass is 10.1. The van der Waals surface area contributed by atoms with Crippen LogP contribution in [0.5, 0.6) is 5.75 Å². The zero-order valence-corrected chi connectivity index (χ0v) is 20.4. The first-order chi connectivity index (χ1) is 16.0. The van der Waals surface area contributed by atoms with Crippen molar-refractivity contribution in [2.24, 2.45) is 0 Å². The number of hydrogen-bond donors (Lipinski definition) is 1. The number of nitrogens with one attached hydrogen (secondary N) is 1. The maximum absolute atomic E-state index is 12.1. The van der Waals surface area contributed by atoms with Crippen molar-refractivity contribution in [1.29, 1.82) is 0 Å². The first-order valence-corrected chi connectivity index (χ1v) is 12.6. The highest BCUT2D eigenvalue weighted by Crippen LogP contribution is 2.22. The molecule has 1 fully saturated rings. The van der Waals surface area contributed by atoms with Gasteiger partial charge in [-0.3, -0.25) is 9.69 Å². The Balaban J connectivity index is 1.22. The number of anilines is 1. The molecular weight excluding hydrogens is 454 g/mol. The van der Waals surface area contributed by atoms with E-state index in [1.165, 1.54) is 11.3 Å². The largest absolute Gasteiger partial charge is 0.489 e. The smallest absolute Gasteiger partial charge is 0.224 e. The third kappa shape index (κ3) is 7.22. The van der Waals surface area contributed by atoms with Crippen LogP contribution in [0.15, 0.2) is 65.4 Å². The molecule has 0 bridgehead atoms. The van der Waals surface area contributed by atoms with Crippen LogP contribution in [0.4, 0.5) is 5.69 Å². The highest BCUT2D eigenvalue weighted by Gasteiger charge is 2.18. The molecule has 1 saturated heterocycles. The number of halogens is 1. The van der Waals surface area contributed by atoms with Crippen LogP contribution in [0, 0.1) is 0 Å². The van der Waals surface area contributed by atoms with Gasteiger partial charge in [-0.1, -0.05) is 29.8 Å². The molecule has 33 heavy (non-hydrogen) atoms. The number of benzene rings is 2. The molecule has 1 atom stereocenters. The predicted molar refractivity (Wildman–Crippen MR) is 137 cm³/mol. The molecule has 0 saturated carbocycles. The average Bonchev–Trinajstić information content (AvgIpc) is 3.31. The Hall–Kier alpha value is -2.54. The minimum absolute atomic E-state index is 0.0227. The maximum atomic E-state index is 12.1. The van der Waals surface area contributed by atoms with Crippen LogP contribution in [-0.4, -0.2) is 49.6 Å². The Bertz CT molecular complexity index is 1040. The highest BCUT2D eigenvalue weighted by molar-refractivity contribution is 7.08. The molecule has 3 aromatic rings. The van der Waals surface area contributed by atoms with E-state index in [0.717, 1.165) is 49.1 Å². The van der Waals surface area contributed by atoms with Gasteiger partial charge in [0.2, 0.25) is 5.91 Å². The van der Waals surface area contributed by atoms with Gasteiger partial charge in [0.15, 0.2) is 0 Å². The molecule has 0 unspecified atom stereocenters. The van der Waals surface area contributed by atoms with Gasteiger partial charge in [-0.2, -0.15) is 11.3 Å². The van der Waals surface area contributed by atoms with Gasteiger partial charge >= 0.3 is 0 Å². The third-order valence-electron chi connectivity index (χ3n) is 5.72. The van der Waals surface area contributed by atoms with E-state index in [1.807, 2.05) is 54.1 Å². The number of carbonyl (C=O) groups excluding carboxylic acids is 1. The first kappa shape index (κ1) is 23.6. The van der Waals surface area contributed by atoms with E-state index in [9.17, 15) is 4.79 Å². The molecule has 2 heterocycles. The second-order valence-corrected chi connectivity index (χ2v) is 9.65. The van der Waals surface area contributed by atoms with Crippen molar-refractivity contribution >= 4 is 34.5 Å². The minimum Gasteiger partial charge on any atom is -0.489 e. The topological polar surface area (TPSA) is 44.8 Å². The lowest BCUT2D eigenvalue weighted by Gasteiger charge is -2.36. The lowest BCUT2D eigenvalue weighted by Crippen LogP contribution is -2.45. The van der Waals surface area contributed by atoms with Crippen molar-refractivity contribution in [2.75, 3.05) is 37.6 Å². The molecule has 5 nitrogen and oxygen atoms in total. The highest BCUT2D eigenvalue weighted by atomic mass is 35.5. The van der Waals surface area contributed by atoms with Crippen LogP contribution >= 0.6 is 22.9 Å². The van der Waals surface area contributed by atoms with Gasteiger partial charge in [-0.15, -0.1) is 0 Å². The number of thiophene rings is 1. The fourth-order valence-corrected chi connectivity index (χ4v) is 4.84. The van der Waals surface area contributed by atoms with E-state index in [0.29, 0.717) is 13.0 Å². The normalized spacial score (nSPS) is 15.3. The van der Waals surface area contributed by atoms with Gasteiger partial charge in [0, 0.05) is 43.4 Å². The molecule has 1 aromatic heterocycles. The number of hydrogen-bond acceptors (Lipinski definition) is 5. The predicted octanol–water partition coefficient (Wildman–Crippen LogP) is 4.85. The molecule has 174 valence electrons. The molecule has 0 spiro atoms. The average molecular weight is 484 g/mol. The molecular formula is C26H30ClN3O2S. The van der Waals surface area contributed by atoms with Crippen LogP contribution in [-0.2, 0) is 17.8 Å². The second kappa shape index (κ2) is 11.5. The molecule has 1 aliphatic heterocycles. The molecule has 0 radical (unpaired) electrons. The standard InChI is InChI=1S/C26H30ClN3O2S/c1-20(17-28-26(31)15-22-8-13-33-19-22)32-25-7-2-4-21(14-25)18-29-9-11-30(12-10-29)24-6-3-5-23(27)16-24/h2-8,13-14,16,19-20H,9-12,15,17-18H2,1H3,(H,28,31)/t20-/m0/s1. The molecule has 1 amide bonds. The minimum atomic E-state index is -0.104. The summed E-state index contributed by atoms with van der Waals surface area (Å²) in [7, 11) is 0. The van der Waals surface area contributed by atoms with Crippen molar-refractivity contribution in [1.82, 2.24) is 10.2 Å². The summed E-state index contributed by atoms with van der Waals surface area (Å²) in [4.78, 5) is 16.9. The number of ether oxygens (including phenoxy) is 1. The zero-order valence-electron chi connectivity index (χ0n) is 18.9. The molecule has 4 rings (SSSR count). The van der Waals surface area contributed by atoms with Gasteiger partial charge in [-0.25, -0.2) is 0 Å². The molecule has 0 aliphatic carbocycles. The van der Waals surface area contributed by atoms with E-state index in [-0.39, 0.29) is 12.0 Å². The zero-order chi connectivity index (χ0) is 23.0. The Morgan fingerprint density at radius 3 is 2.67 bits per heavy atom. The van der Waals surface area contributed by atoms with Crippen LogP contribution in [0.25, 0.3) is 0 Å². The van der Waals surface area contributed by atoms with E-state index in [4.69, 9.17) is 16.3 Å². The van der Waals surface area contributed by atoms with E-state index >= 15 is 0 Å². The SMILES string of the molecule is C[C@@H](CNC(=O)Cc1ccsc1)Oc1cccc(CN2CCN(c3cccc(Cl)c3)CC2)c1. The number of piperazine rings is 1. The fourth-order valence-electron chi connectivity index (χ4n) is 3.99. The Morgan fingerprint density at radius 1 is 1.09 bits per heavy atom. The monoisotopic (exact) mass is 483 g/mol. The summed E-state index contributed by atoms with van der Waals surface area (Å²) in [5.41, 5.74) is 3.47. The van der Waals surface area contributed by atoms with Crippen LogP contribution in [0.2, 0.25) is 5.02 Å². The quantitative estimate of drug-likeness (QED) is 0.472. The summed E-state index contributed by atoms with van der Waals surface area (Å²) in [5, 5.41) is 7.73. The van der Waals surface area contributed by atoms with E-state index in [2.05, 4.69) is 33.3 Å². The number of nitrogens with zero attached hydrogens (tertiary/aromatic N) is 2. The number of rotatable bonds is 9. The summed E-state index contributed by atoms with van der Waals surface area (Å²) < 4.78 is 6.06. The summed E-state index contributed by atoms with van der Waals surface area (Å²) in [6, 6.07) is 18.3. The van der Waals surface area contributed by atoms with Gasteiger partial charge in [0.1, 0.15) is 11.9 Å². The molecule has 7 heteroatoms. The summed E-state index contributed by atoms with van der Waals surface area (Å²) in [6.07, 6.45) is 0.309. The van der Waals surface area contributed by atoms with Gasteiger partial charge in [0.05, 0.1) is 13.0 Å². The summed E-state index contributed by atoms with van der Waals surface area (Å²) >= 11 is 7.75. The van der Waals surface area contributed by atoms with Crippen LogP contribution in [0.3, 0.4) is 0 Å². The van der Waals surface area contributed by atoms with Crippen molar-refractivity contribution in [2.45, 2.75) is 26.0 Å². The van der Waals surface area contributed by atoms with Crippen LogP contribution in [0.1, 0.15) is 18.1 Å². The second-order valence-electron chi connectivity index (χ2n) is 8.43. The summed E-state index contributed by atoms with van der Waals surface area (Å²) in [5.74, 6) is 0.860. The third-order valence-corrected chi connectivity index (χ3v) is 6.69. The first-order valence-electron chi connectivity index (χ1n) is 11.3. The Labute approximate surface area is 204 Å². The Morgan fingerprint density at radius 2 is 1.91 bits per heavy atom. The van der Waals surface area contributed by atoms with Gasteiger partial charge < -0.3 is 15.0 Å².